The minimum absolute atomic E-state index is 0.699. The van der Waals surface area contributed by atoms with Crippen molar-refractivity contribution in [2.24, 2.45) is 0 Å². The van der Waals surface area contributed by atoms with Gasteiger partial charge >= 0.3 is 0 Å². The van der Waals surface area contributed by atoms with Crippen LogP contribution in [0.15, 0.2) is 35.2 Å². The second-order valence-electron chi connectivity index (χ2n) is 4.00. The van der Waals surface area contributed by atoms with Crippen LogP contribution in [-0.2, 0) is 13.0 Å². The van der Waals surface area contributed by atoms with Crippen molar-refractivity contribution < 1.29 is 4.74 Å². The molecular weight excluding hydrogens is 244 g/mol. The summed E-state index contributed by atoms with van der Waals surface area (Å²) in [5.74, 6) is 0.838. The lowest BCUT2D eigenvalue weighted by molar-refractivity contribution is 0.320. The van der Waals surface area contributed by atoms with Crippen molar-refractivity contribution in [3.8, 4) is 5.75 Å². The molecule has 0 radical (unpaired) electrons. The molecular formula is C14H18N2OS. The first kappa shape index (κ1) is 13.1. The Morgan fingerprint density at radius 3 is 2.94 bits per heavy atom. The minimum Gasteiger partial charge on any atom is -0.492 e. The van der Waals surface area contributed by atoms with Crippen molar-refractivity contribution in [2.75, 3.05) is 13.2 Å². The van der Waals surface area contributed by atoms with Gasteiger partial charge in [-0.2, -0.15) is 11.3 Å². The van der Waals surface area contributed by atoms with Gasteiger partial charge in [0.25, 0.3) is 0 Å². The molecule has 0 saturated heterocycles. The largest absolute Gasteiger partial charge is 0.492 e. The lowest BCUT2D eigenvalue weighted by Crippen LogP contribution is -2.12. The Bertz CT molecular complexity index is 439. The van der Waals surface area contributed by atoms with E-state index in [9.17, 15) is 0 Å². The van der Waals surface area contributed by atoms with E-state index < -0.39 is 0 Å². The highest BCUT2D eigenvalue weighted by atomic mass is 32.1. The van der Waals surface area contributed by atoms with Crippen LogP contribution in [0, 0.1) is 0 Å². The number of ether oxygens (including phenoxy) is 1. The third-order valence-electron chi connectivity index (χ3n) is 2.59. The van der Waals surface area contributed by atoms with Crippen molar-refractivity contribution in [3.05, 3.63) is 46.4 Å². The molecule has 0 amide bonds. The lowest BCUT2D eigenvalue weighted by Gasteiger charge is -2.06. The Hall–Kier alpha value is -1.39. The van der Waals surface area contributed by atoms with Crippen LogP contribution in [-0.4, -0.2) is 18.1 Å². The Labute approximate surface area is 112 Å². The molecule has 0 atom stereocenters. The summed E-state index contributed by atoms with van der Waals surface area (Å²) in [4.78, 5) is 4.35. The van der Waals surface area contributed by atoms with E-state index in [4.69, 9.17) is 4.74 Å². The molecule has 0 aliphatic rings. The highest BCUT2D eigenvalue weighted by Gasteiger charge is 1.98. The van der Waals surface area contributed by atoms with Crippen LogP contribution in [0.1, 0.15) is 18.2 Å². The first-order chi connectivity index (χ1) is 8.88. The summed E-state index contributed by atoms with van der Waals surface area (Å²) in [6.07, 6.45) is 2.74. The quantitative estimate of drug-likeness (QED) is 0.833. The molecule has 0 aromatic carbocycles. The second kappa shape index (κ2) is 7.13. The van der Waals surface area contributed by atoms with Crippen LogP contribution >= 0.6 is 11.3 Å². The van der Waals surface area contributed by atoms with E-state index in [0.29, 0.717) is 6.61 Å². The summed E-state index contributed by atoms with van der Waals surface area (Å²) in [5.41, 5.74) is 2.37. The Morgan fingerprint density at radius 2 is 2.28 bits per heavy atom. The van der Waals surface area contributed by atoms with E-state index in [1.807, 2.05) is 12.1 Å². The lowest BCUT2D eigenvalue weighted by atomic mass is 10.2. The van der Waals surface area contributed by atoms with E-state index in [1.165, 1.54) is 5.56 Å². The summed E-state index contributed by atoms with van der Waals surface area (Å²) in [7, 11) is 0. The van der Waals surface area contributed by atoms with E-state index >= 15 is 0 Å². The zero-order chi connectivity index (χ0) is 12.6. The van der Waals surface area contributed by atoms with Gasteiger partial charge in [0, 0.05) is 13.0 Å². The highest BCUT2D eigenvalue weighted by Crippen LogP contribution is 2.11. The molecule has 0 saturated carbocycles. The van der Waals surface area contributed by atoms with Crippen LogP contribution in [0.4, 0.5) is 0 Å². The van der Waals surface area contributed by atoms with E-state index in [-0.39, 0.29) is 0 Å². The molecule has 2 rings (SSSR count). The summed E-state index contributed by atoms with van der Waals surface area (Å²) in [6.45, 7) is 4.55. The number of nitrogens with zero attached hydrogens (tertiary/aromatic N) is 1. The third kappa shape index (κ3) is 4.13. The number of rotatable bonds is 7. The molecule has 0 bridgehead atoms. The highest BCUT2D eigenvalue weighted by molar-refractivity contribution is 7.07. The molecule has 4 heteroatoms. The van der Waals surface area contributed by atoms with Crippen LogP contribution < -0.4 is 10.1 Å². The van der Waals surface area contributed by atoms with Gasteiger partial charge in [-0.25, -0.2) is 0 Å². The van der Waals surface area contributed by atoms with Gasteiger partial charge in [-0.1, -0.05) is 6.92 Å². The average molecular weight is 262 g/mol. The fourth-order valence-electron chi connectivity index (χ4n) is 1.58. The van der Waals surface area contributed by atoms with E-state index in [2.05, 4.69) is 34.1 Å². The fourth-order valence-corrected chi connectivity index (χ4v) is 2.28. The molecule has 2 aromatic heterocycles. The van der Waals surface area contributed by atoms with Gasteiger partial charge in [0.05, 0.1) is 18.5 Å². The maximum absolute atomic E-state index is 5.66. The van der Waals surface area contributed by atoms with Gasteiger partial charge in [-0.15, -0.1) is 0 Å². The topological polar surface area (TPSA) is 34.1 Å². The number of pyridine rings is 1. The molecule has 96 valence electrons. The normalized spacial score (nSPS) is 10.5. The van der Waals surface area contributed by atoms with Crippen molar-refractivity contribution in [1.29, 1.82) is 0 Å². The predicted octanol–water partition coefficient (Wildman–Crippen LogP) is 2.87. The zero-order valence-electron chi connectivity index (χ0n) is 10.6. The molecule has 0 fully saturated rings. The third-order valence-corrected chi connectivity index (χ3v) is 3.33. The van der Waals surface area contributed by atoms with Crippen LogP contribution in [0.3, 0.4) is 0 Å². The SMILES string of the molecule is CCNCc1ccc(OCCc2ccsc2)cn1. The minimum atomic E-state index is 0.699. The Balaban J connectivity index is 1.75. The maximum Gasteiger partial charge on any atom is 0.137 e. The number of hydrogen-bond donors (Lipinski definition) is 1. The molecule has 0 spiro atoms. The molecule has 3 nitrogen and oxygen atoms in total. The van der Waals surface area contributed by atoms with Crippen molar-refractivity contribution in [3.63, 3.8) is 0 Å². The summed E-state index contributed by atoms with van der Waals surface area (Å²) in [5, 5.41) is 7.49. The van der Waals surface area contributed by atoms with E-state index in [1.54, 1.807) is 17.5 Å². The molecule has 18 heavy (non-hydrogen) atoms. The van der Waals surface area contributed by atoms with Crippen molar-refractivity contribution in [2.45, 2.75) is 19.9 Å². The smallest absolute Gasteiger partial charge is 0.137 e. The van der Waals surface area contributed by atoms with Crippen LogP contribution in [0.5, 0.6) is 5.75 Å². The first-order valence-corrected chi connectivity index (χ1v) is 7.12. The predicted molar refractivity (Wildman–Crippen MR) is 75.1 cm³/mol. The van der Waals surface area contributed by atoms with Crippen molar-refractivity contribution >= 4 is 11.3 Å². The van der Waals surface area contributed by atoms with Gasteiger partial charge < -0.3 is 10.1 Å². The summed E-state index contributed by atoms with van der Waals surface area (Å²) < 4.78 is 5.66. The number of hydrogen-bond acceptors (Lipinski definition) is 4. The summed E-state index contributed by atoms with van der Waals surface area (Å²) >= 11 is 1.72. The fraction of sp³-hybridized carbons (Fsp3) is 0.357. The van der Waals surface area contributed by atoms with Gasteiger partial charge in [0.2, 0.25) is 0 Å². The number of thiophene rings is 1. The van der Waals surface area contributed by atoms with Gasteiger partial charge in [-0.3, -0.25) is 4.98 Å². The standard InChI is InChI=1S/C14H18N2OS/c1-2-15-9-13-3-4-14(10-16-13)17-7-5-12-6-8-18-11-12/h3-4,6,8,10-11,15H,2,5,7,9H2,1H3. The molecule has 1 N–H and O–H groups in total. The molecule has 2 aromatic rings. The van der Waals surface area contributed by atoms with Crippen LogP contribution in [0.2, 0.25) is 0 Å². The Kier molecular flexibility index (Phi) is 5.17. The number of nitrogens with one attached hydrogen (secondary N) is 1. The Morgan fingerprint density at radius 1 is 1.33 bits per heavy atom. The average Bonchev–Trinajstić information content (AvgIpc) is 2.91. The van der Waals surface area contributed by atoms with E-state index in [0.717, 1.165) is 31.0 Å². The van der Waals surface area contributed by atoms with Gasteiger partial charge in [0.15, 0.2) is 0 Å². The molecule has 0 aliphatic carbocycles. The number of aromatic nitrogens is 1. The maximum atomic E-state index is 5.66. The van der Waals surface area contributed by atoms with Gasteiger partial charge in [0.1, 0.15) is 5.75 Å². The summed E-state index contributed by atoms with van der Waals surface area (Å²) in [6, 6.07) is 6.11. The first-order valence-electron chi connectivity index (χ1n) is 6.18. The second-order valence-corrected chi connectivity index (χ2v) is 4.78. The zero-order valence-corrected chi connectivity index (χ0v) is 11.4. The van der Waals surface area contributed by atoms with Crippen LogP contribution in [0.25, 0.3) is 0 Å². The van der Waals surface area contributed by atoms with Crippen molar-refractivity contribution in [1.82, 2.24) is 10.3 Å². The molecule has 0 unspecified atom stereocenters. The molecule has 2 heterocycles. The monoisotopic (exact) mass is 262 g/mol. The van der Waals surface area contributed by atoms with Gasteiger partial charge in [-0.05, 0) is 41.1 Å². The molecule has 0 aliphatic heterocycles.